The maximum Gasteiger partial charge on any atom is 0.267 e. The maximum absolute atomic E-state index is 12.9. The van der Waals surface area contributed by atoms with Crippen molar-refractivity contribution < 1.29 is 14.3 Å². The van der Waals surface area contributed by atoms with Crippen molar-refractivity contribution in [1.29, 1.82) is 0 Å². The van der Waals surface area contributed by atoms with Gasteiger partial charge < -0.3 is 10.1 Å². The lowest BCUT2D eigenvalue weighted by Gasteiger charge is -2.26. The summed E-state index contributed by atoms with van der Waals surface area (Å²) in [4.78, 5) is 25.8. The molecule has 0 fully saturated rings. The molecule has 29 heavy (non-hydrogen) atoms. The molecule has 0 heterocycles. The molecule has 3 rings (SSSR count). The Labute approximate surface area is 179 Å². The third-order valence-electron chi connectivity index (χ3n) is 4.24. The second kappa shape index (κ2) is 8.68. The van der Waals surface area contributed by atoms with Crippen LogP contribution in [0.5, 0.6) is 5.75 Å². The molecule has 1 amide bonds. The van der Waals surface area contributed by atoms with Crippen molar-refractivity contribution in [3.05, 3.63) is 94.0 Å². The van der Waals surface area contributed by atoms with E-state index in [1.807, 2.05) is 6.07 Å². The Morgan fingerprint density at radius 1 is 0.862 bits per heavy atom. The molecule has 0 aliphatic carbocycles. The second-order valence-electron chi connectivity index (χ2n) is 6.91. The van der Waals surface area contributed by atoms with E-state index in [1.165, 1.54) is 0 Å². The molecule has 0 saturated heterocycles. The zero-order valence-corrected chi connectivity index (χ0v) is 17.4. The summed E-state index contributed by atoms with van der Waals surface area (Å²) >= 11 is 12.0. The first kappa shape index (κ1) is 20.9. The van der Waals surface area contributed by atoms with E-state index in [-0.39, 0.29) is 5.78 Å². The standard InChI is InChI=1S/C23H19Cl2NO3/c1-23(2,29-18-11-8-16(24)9-12-18)22(28)26-20-13-10-17(25)14-19(20)21(27)15-6-4-3-5-7-15/h3-14H,1-2H3,(H,26,28). The van der Waals surface area contributed by atoms with Crippen molar-refractivity contribution in [2.45, 2.75) is 19.4 Å². The minimum atomic E-state index is -1.19. The number of benzene rings is 3. The lowest BCUT2D eigenvalue weighted by Crippen LogP contribution is -2.42. The van der Waals surface area contributed by atoms with E-state index < -0.39 is 11.5 Å². The molecule has 0 radical (unpaired) electrons. The number of nitrogens with one attached hydrogen (secondary N) is 1. The highest BCUT2D eigenvalue weighted by molar-refractivity contribution is 6.31. The van der Waals surface area contributed by atoms with Crippen molar-refractivity contribution in [1.82, 2.24) is 0 Å². The van der Waals surface area contributed by atoms with E-state index in [0.717, 1.165) is 0 Å². The highest BCUT2D eigenvalue weighted by Gasteiger charge is 2.31. The Hall–Kier alpha value is -2.82. The van der Waals surface area contributed by atoms with Gasteiger partial charge in [0.05, 0.1) is 5.69 Å². The molecule has 0 bridgehead atoms. The largest absolute Gasteiger partial charge is 0.478 e. The smallest absolute Gasteiger partial charge is 0.267 e. The molecule has 6 heteroatoms. The zero-order chi connectivity index (χ0) is 21.0. The summed E-state index contributed by atoms with van der Waals surface area (Å²) in [6.07, 6.45) is 0. The SMILES string of the molecule is CC(C)(Oc1ccc(Cl)cc1)C(=O)Nc1ccc(Cl)cc1C(=O)c1ccccc1. The monoisotopic (exact) mass is 427 g/mol. The van der Waals surface area contributed by atoms with E-state index in [2.05, 4.69) is 5.32 Å². The summed E-state index contributed by atoms with van der Waals surface area (Å²) in [6.45, 7) is 3.29. The third kappa shape index (κ3) is 5.17. The molecule has 0 atom stereocenters. The van der Waals surface area contributed by atoms with Crippen LogP contribution in [0.1, 0.15) is 29.8 Å². The van der Waals surface area contributed by atoms with Crippen molar-refractivity contribution in [2.24, 2.45) is 0 Å². The van der Waals surface area contributed by atoms with Crippen LogP contribution in [-0.4, -0.2) is 17.3 Å². The number of anilines is 1. The first-order valence-corrected chi connectivity index (χ1v) is 9.67. The maximum atomic E-state index is 12.9. The number of hydrogen-bond donors (Lipinski definition) is 1. The van der Waals surface area contributed by atoms with Gasteiger partial charge in [-0.3, -0.25) is 9.59 Å². The zero-order valence-electron chi connectivity index (χ0n) is 15.9. The number of amides is 1. The number of rotatable bonds is 6. The van der Waals surface area contributed by atoms with E-state index in [0.29, 0.717) is 32.6 Å². The predicted octanol–water partition coefficient (Wildman–Crippen LogP) is 6.02. The van der Waals surface area contributed by atoms with Gasteiger partial charge in [-0.05, 0) is 56.3 Å². The fourth-order valence-corrected chi connectivity index (χ4v) is 2.97. The summed E-state index contributed by atoms with van der Waals surface area (Å²) in [7, 11) is 0. The number of hydrogen-bond acceptors (Lipinski definition) is 3. The normalized spacial score (nSPS) is 11.0. The molecule has 148 valence electrons. The highest BCUT2D eigenvalue weighted by atomic mass is 35.5. The molecular weight excluding hydrogens is 409 g/mol. The van der Waals surface area contributed by atoms with E-state index in [1.54, 1.807) is 80.6 Å². The predicted molar refractivity (Wildman–Crippen MR) is 116 cm³/mol. The Bertz CT molecular complexity index is 1030. The molecule has 0 aliphatic rings. The van der Waals surface area contributed by atoms with E-state index >= 15 is 0 Å². The molecule has 1 N–H and O–H groups in total. The Kier molecular flexibility index (Phi) is 6.26. The van der Waals surface area contributed by atoms with E-state index in [9.17, 15) is 9.59 Å². The van der Waals surface area contributed by atoms with Crippen LogP contribution in [0, 0.1) is 0 Å². The van der Waals surface area contributed by atoms with Crippen LogP contribution in [0.4, 0.5) is 5.69 Å². The van der Waals surface area contributed by atoms with Gasteiger partial charge in [0.2, 0.25) is 0 Å². The molecule has 0 spiro atoms. The molecule has 0 aromatic heterocycles. The van der Waals surface area contributed by atoms with Gasteiger partial charge in [0, 0.05) is 21.2 Å². The number of carbonyl (C=O) groups is 2. The molecule has 4 nitrogen and oxygen atoms in total. The van der Waals surface area contributed by atoms with Gasteiger partial charge in [-0.25, -0.2) is 0 Å². The summed E-state index contributed by atoms with van der Waals surface area (Å²) in [5.41, 5.74) is -0.0251. The average Bonchev–Trinajstić information content (AvgIpc) is 2.71. The lowest BCUT2D eigenvalue weighted by molar-refractivity contribution is -0.128. The summed E-state index contributed by atoms with van der Waals surface area (Å²) < 4.78 is 5.82. The fraction of sp³-hybridized carbons (Fsp3) is 0.130. The van der Waals surface area contributed by atoms with Crippen molar-refractivity contribution in [3.8, 4) is 5.75 Å². The molecular formula is C23H19Cl2NO3. The second-order valence-corrected chi connectivity index (χ2v) is 7.78. The van der Waals surface area contributed by atoms with Crippen molar-refractivity contribution in [3.63, 3.8) is 0 Å². The molecule has 3 aromatic rings. The Morgan fingerprint density at radius 3 is 2.14 bits per heavy atom. The van der Waals surface area contributed by atoms with Crippen molar-refractivity contribution >= 4 is 40.6 Å². The van der Waals surface area contributed by atoms with Gasteiger partial charge in [-0.1, -0.05) is 53.5 Å². The number of halogens is 2. The third-order valence-corrected chi connectivity index (χ3v) is 4.73. The molecule has 0 aliphatic heterocycles. The van der Waals surface area contributed by atoms with Crippen LogP contribution < -0.4 is 10.1 Å². The van der Waals surface area contributed by atoms with Crippen LogP contribution >= 0.6 is 23.2 Å². The highest BCUT2D eigenvalue weighted by Crippen LogP contribution is 2.26. The molecule has 3 aromatic carbocycles. The Morgan fingerprint density at radius 2 is 1.48 bits per heavy atom. The van der Waals surface area contributed by atoms with Gasteiger partial charge in [0.25, 0.3) is 5.91 Å². The minimum Gasteiger partial charge on any atom is -0.478 e. The van der Waals surface area contributed by atoms with Crippen LogP contribution in [-0.2, 0) is 4.79 Å². The first-order valence-electron chi connectivity index (χ1n) is 8.91. The van der Waals surface area contributed by atoms with Crippen LogP contribution in [0.25, 0.3) is 0 Å². The number of ether oxygens (including phenoxy) is 1. The first-order chi connectivity index (χ1) is 13.8. The van der Waals surface area contributed by atoms with Crippen LogP contribution in [0.15, 0.2) is 72.8 Å². The number of ketones is 1. The topological polar surface area (TPSA) is 55.4 Å². The lowest BCUT2D eigenvalue weighted by atomic mass is 10.0. The quantitative estimate of drug-likeness (QED) is 0.489. The van der Waals surface area contributed by atoms with Crippen LogP contribution in [0.3, 0.4) is 0 Å². The molecule has 0 unspecified atom stereocenters. The van der Waals surface area contributed by atoms with Gasteiger partial charge in [-0.2, -0.15) is 0 Å². The summed E-state index contributed by atoms with van der Waals surface area (Å²) in [6, 6.07) is 20.3. The van der Waals surface area contributed by atoms with Gasteiger partial charge >= 0.3 is 0 Å². The van der Waals surface area contributed by atoms with E-state index in [4.69, 9.17) is 27.9 Å². The Balaban J connectivity index is 1.84. The van der Waals surface area contributed by atoms with Gasteiger partial charge in [0.15, 0.2) is 11.4 Å². The molecule has 0 saturated carbocycles. The fourth-order valence-electron chi connectivity index (χ4n) is 2.67. The van der Waals surface area contributed by atoms with Crippen LogP contribution in [0.2, 0.25) is 10.0 Å². The van der Waals surface area contributed by atoms with Crippen molar-refractivity contribution in [2.75, 3.05) is 5.32 Å². The average molecular weight is 428 g/mol. The van der Waals surface area contributed by atoms with Gasteiger partial charge in [-0.15, -0.1) is 0 Å². The number of carbonyl (C=O) groups excluding carboxylic acids is 2. The summed E-state index contributed by atoms with van der Waals surface area (Å²) in [5, 5.41) is 3.77. The minimum absolute atomic E-state index is 0.236. The summed E-state index contributed by atoms with van der Waals surface area (Å²) in [5.74, 6) is -0.136. The van der Waals surface area contributed by atoms with Gasteiger partial charge in [0.1, 0.15) is 5.75 Å².